The van der Waals surface area contributed by atoms with Crippen molar-refractivity contribution in [1.29, 1.82) is 0 Å². The predicted molar refractivity (Wildman–Crippen MR) is 164 cm³/mol. The van der Waals surface area contributed by atoms with Crippen molar-refractivity contribution in [2.45, 2.75) is 50.4 Å². The Labute approximate surface area is 265 Å². The Morgan fingerprint density at radius 1 is 0.909 bits per heavy atom. The van der Waals surface area contributed by atoms with Crippen LogP contribution < -0.4 is 16.0 Å². The number of hydrogen-bond donors (Lipinski definition) is 4. The number of urea groups is 1. The summed E-state index contributed by atoms with van der Waals surface area (Å²) in [6, 6.07) is -0.757. The molecule has 0 aromatic carbocycles. The highest BCUT2D eigenvalue weighted by Crippen LogP contribution is 2.45. The minimum absolute atomic E-state index is 0.191. The van der Waals surface area contributed by atoms with E-state index in [4.69, 9.17) is 18.9 Å². The first kappa shape index (κ1) is 36.3. The Morgan fingerprint density at radius 2 is 1.43 bits per heavy atom. The number of thiol groups is 1. The van der Waals surface area contributed by atoms with Crippen LogP contribution in [-0.2, 0) is 33.3 Å². The molecule has 1 heterocycles. The number of esters is 3. The molecule has 242 valence electrons. The molecule has 1 saturated carbocycles. The molecule has 1 aliphatic carbocycles. The van der Waals surface area contributed by atoms with E-state index in [-0.39, 0.29) is 16.9 Å². The van der Waals surface area contributed by atoms with E-state index in [0.717, 1.165) is 36.0 Å². The number of hydrogen-bond acceptors (Lipinski definition) is 13. The third-order valence-corrected chi connectivity index (χ3v) is 7.65. The maximum atomic E-state index is 13.0. The summed E-state index contributed by atoms with van der Waals surface area (Å²) < 4.78 is 21.4. The van der Waals surface area contributed by atoms with Gasteiger partial charge in [0.2, 0.25) is 5.13 Å². The van der Waals surface area contributed by atoms with Gasteiger partial charge in [-0.25, -0.2) is 24.0 Å². The molecule has 2 unspecified atom stereocenters. The lowest BCUT2D eigenvalue weighted by Crippen LogP contribution is -2.51. The first-order valence-electron chi connectivity index (χ1n) is 13.5. The van der Waals surface area contributed by atoms with Crippen LogP contribution in [0.25, 0.3) is 0 Å². The lowest BCUT2D eigenvalue weighted by molar-refractivity contribution is -0.159. The summed E-state index contributed by atoms with van der Waals surface area (Å²) in [7, 11) is 0. The van der Waals surface area contributed by atoms with Gasteiger partial charge in [-0.2, -0.15) is 0 Å². The molecule has 1 aromatic rings. The van der Waals surface area contributed by atoms with Gasteiger partial charge in [0.25, 0.3) is 0 Å². The van der Waals surface area contributed by atoms with Crippen molar-refractivity contribution in [3.8, 4) is 0 Å². The number of carbonyl (C=O) groups is 5. The first-order chi connectivity index (χ1) is 20.6. The Balaban J connectivity index is 2.09. The summed E-state index contributed by atoms with van der Waals surface area (Å²) in [5.74, 6) is -2.36. The van der Waals surface area contributed by atoms with E-state index < -0.39 is 61.9 Å². The molecule has 0 spiro atoms. The van der Waals surface area contributed by atoms with Gasteiger partial charge in [0, 0.05) is 30.8 Å². The number of aromatic nitrogens is 2. The van der Waals surface area contributed by atoms with Crippen LogP contribution in [0.3, 0.4) is 0 Å². The van der Waals surface area contributed by atoms with E-state index in [9.17, 15) is 24.0 Å². The van der Waals surface area contributed by atoms with Crippen molar-refractivity contribution in [1.82, 2.24) is 20.8 Å². The fraction of sp³-hybridized carbons (Fsp3) is 0.536. The van der Waals surface area contributed by atoms with Crippen molar-refractivity contribution < 1.29 is 42.9 Å². The molecule has 16 heteroatoms. The van der Waals surface area contributed by atoms with Gasteiger partial charge >= 0.3 is 30.0 Å². The monoisotopic (exact) mass is 653 g/mol. The zero-order valence-corrected chi connectivity index (χ0v) is 26.7. The van der Waals surface area contributed by atoms with Crippen LogP contribution in [0, 0.1) is 16.2 Å². The Kier molecular flexibility index (Phi) is 13.4. The Hall–Kier alpha value is -3.92. The van der Waals surface area contributed by atoms with Crippen LogP contribution in [0.1, 0.15) is 40.0 Å². The predicted octanol–water partition coefficient (Wildman–Crippen LogP) is 3.43. The summed E-state index contributed by atoms with van der Waals surface area (Å²) in [4.78, 5) is 60.9. The largest absolute Gasteiger partial charge is 0.462 e. The fourth-order valence-electron chi connectivity index (χ4n) is 5.10. The zero-order chi connectivity index (χ0) is 33.0. The van der Waals surface area contributed by atoms with Crippen molar-refractivity contribution in [3.63, 3.8) is 0 Å². The molecule has 3 amide bonds. The van der Waals surface area contributed by atoms with Crippen LogP contribution in [0.2, 0.25) is 0 Å². The quantitative estimate of drug-likeness (QED) is 0.0715. The number of nitrogens with one attached hydrogen (secondary N) is 3. The van der Waals surface area contributed by atoms with Gasteiger partial charge in [-0.15, -0.1) is 22.8 Å². The molecule has 0 saturated heterocycles. The first-order valence-corrected chi connectivity index (χ1v) is 14.8. The molecule has 1 aromatic heterocycles. The van der Waals surface area contributed by atoms with Gasteiger partial charge in [0.15, 0.2) is 4.34 Å². The number of carbonyl (C=O) groups excluding carboxylic acids is 5. The highest BCUT2D eigenvalue weighted by atomic mass is 32.2. The summed E-state index contributed by atoms with van der Waals surface area (Å²) in [5, 5.41) is 16.2. The van der Waals surface area contributed by atoms with Gasteiger partial charge in [0.1, 0.15) is 31.8 Å². The molecule has 3 N–H and O–H groups in total. The average molecular weight is 654 g/mol. The molecule has 1 fully saturated rings. The highest BCUT2D eigenvalue weighted by Gasteiger charge is 2.43. The van der Waals surface area contributed by atoms with Crippen molar-refractivity contribution in [2.24, 2.45) is 16.2 Å². The maximum absolute atomic E-state index is 13.0. The van der Waals surface area contributed by atoms with Gasteiger partial charge < -0.3 is 29.6 Å². The van der Waals surface area contributed by atoms with Crippen LogP contribution in [0.15, 0.2) is 42.3 Å². The lowest BCUT2D eigenvalue weighted by atomic mass is 9.62. The summed E-state index contributed by atoms with van der Waals surface area (Å²) in [6.07, 6.45) is 3.93. The standard InChI is InChI=1S/C28H39N5O9S2/c1-7-19(34)39-14-28(15-40-20(35)8-2,16-41-21(36)9-3)17-42-24(38)30-18-10-26(4,5)12-27(6,11-18)13-29-22(37)31-23-32-33-25(43)44-23/h7-9,18H,1-3,10-17H2,4-6H3,(H,30,38)(H,33,43)(H2,29,31,32,37). The minimum atomic E-state index is -1.45. The second-order valence-corrected chi connectivity index (χ2v) is 13.3. The summed E-state index contributed by atoms with van der Waals surface area (Å²) in [6.45, 7) is 14.7. The zero-order valence-electron chi connectivity index (χ0n) is 25.0. The summed E-state index contributed by atoms with van der Waals surface area (Å²) in [5.41, 5.74) is -2.03. The van der Waals surface area contributed by atoms with Gasteiger partial charge in [-0.3, -0.25) is 5.32 Å². The SMILES string of the molecule is C=CC(=O)OCC(COC(=O)C=C)(COC(=O)C=C)COC(=O)NC1CC(C)(C)CC(C)(CNC(=O)Nc2nnc(S)s2)C1. The van der Waals surface area contributed by atoms with Crippen LogP contribution in [0.4, 0.5) is 14.7 Å². The molecule has 0 bridgehead atoms. The summed E-state index contributed by atoms with van der Waals surface area (Å²) >= 11 is 5.22. The molecule has 0 aliphatic heterocycles. The third kappa shape index (κ3) is 12.4. The average Bonchev–Trinajstić information content (AvgIpc) is 3.37. The smallest absolute Gasteiger partial charge is 0.407 e. The second-order valence-electron chi connectivity index (χ2n) is 11.6. The van der Waals surface area contributed by atoms with Gasteiger partial charge in [-0.05, 0) is 30.1 Å². The van der Waals surface area contributed by atoms with E-state index in [2.05, 4.69) is 72.4 Å². The fourth-order valence-corrected chi connectivity index (χ4v) is 5.88. The molecule has 0 radical (unpaired) electrons. The number of alkyl carbamates (subject to hydrolysis) is 1. The number of nitrogens with zero attached hydrogens (tertiary/aromatic N) is 2. The van der Waals surface area contributed by atoms with Crippen LogP contribution in [0.5, 0.6) is 0 Å². The number of amides is 3. The molecule has 2 atom stereocenters. The normalized spacial score (nSPS) is 19.0. The van der Waals surface area contributed by atoms with Crippen LogP contribution in [-0.4, -0.2) is 79.2 Å². The van der Waals surface area contributed by atoms with E-state index in [0.29, 0.717) is 28.9 Å². The Bertz CT molecular complexity index is 1190. The topological polar surface area (TPSA) is 184 Å². The maximum Gasteiger partial charge on any atom is 0.407 e. The molecular formula is C28H39N5O9S2. The lowest BCUT2D eigenvalue weighted by Gasteiger charge is -2.46. The van der Waals surface area contributed by atoms with Crippen molar-refractivity contribution in [2.75, 3.05) is 38.3 Å². The van der Waals surface area contributed by atoms with Crippen molar-refractivity contribution >= 4 is 59.1 Å². The Morgan fingerprint density at radius 3 is 1.91 bits per heavy atom. The molecular weight excluding hydrogens is 614 g/mol. The number of rotatable bonds is 15. The van der Waals surface area contributed by atoms with E-state index in [1.807, 2.05) is 6.92 Å². The van der Waals surface area contributed by atoms with E-state index in [1.54, 1.807) is 0 Å². The number of anilines is 1. The second kappa shape index (κ2) is 16.2. The molecule has 2 rings (SSSR count). The molecule has 1 aliphatic rings. The molecule has 14 nitrogen and oxygen atoms in total. The van der Waals surface area contributed by atoms with Crippen molar-refractivity contribution in [3.05, 3.63) is 38.0 Å². The highest BCUT2D eigenvalue weighted by molar-refractivity contribution is 7.82. The van der Waals surface area contributed by atoms with Gasteiger partial charge in [0.05, 0.1) is 0 Å². The van der Waals surface area contributed by atoms with E-state index in [1.165, 1.54) is 0 Å². The third-order valence-electron chi connectivity index (χ3n) is 6.65. The number of ether oxygens (including phenoxy) is 4. The van der Waals surface area contributed by atoms with Gasteiger partial charge in [-0.1, -0.05) is 51.8 Å². The minimum Gasteiger partial charge on any atom is -0.462 e. The van der Waals surface area contributed by atoms with Crippen LogP contribution >= 0.6 is 24.0 Å². The molecule has 44 heavy (non-hydrogen) atoms. The van der Waals surface area contributed by atoms with E-state index >= 15 is 0 Å².